The van der Waals surface area contributed by atoms with E-state index < -0.39 is 25.3 Å². The number of fused-ring (bicyclic) bond motifs is 2. The second-order valence-electron chi connectivity index (χ2n) is 19.9. The average Bonchev–Trinajstić information content (AvgIpc) is 4.00. The summed E-state index contributed by atoms with van der Waals surface area (Å²) in [6.45, 7) is 18.9. The molecule has 0 bridgehead atoms. The van der Waals surface area contributed by atoms with Gasteiger partial charge in [0.2, 0.25) is 5.91 Å². The van der Waals surface area contributed by atoms with Crippen LogP contribution in [0.15, 0.2) is 58.8 Å². The summed E-state index contributed by atoms with van der Waals surface area (Å²) in [4.78, 5) is 41.6. The number of carbonyl (C=O) groups excluding carboxylic acids is 2. The van der Waals surface area contributed by atoms with Crippen molar-refractivity contribution in [3.8, 4) is 23.0 Å². The minimum Gasteiger partial charge on any atom is -0.490 e. The maximum absolute atomic E-state index is 12.9. The number of likely N-dealkylation sites (tertiary alicyclic amines) is 2. The van der Waals surface area contributed by atoms with Gasteiger partial charge in [0, 0.05) is 68.7 Å². The van der Waals surface area contributed by atoms with Crippen LogP contribution >= 0.6 is 0 Å². The standard InChI is InChI=1S/C26H33N3O6S.C25H33N3O6S/c1-17-14-20(15-27-25(17)36(3,31)32)29-10-13-34-23-5-4-22(18(2)24(23)29)35-21-6-9-28(16-21)26(30)19-7-11-33-12-8-19;1-16-13-18(14-26-23(16)35(6,30)31)28-11-12-32-21-8-7-20(17(2)22(21)28)33-19-9-10-27(15-19)24(29)34-25(3,4)5/h4-5,14-15,19,21H,6-13,16H2,1-3H3;7-8,13-14,19H,9-12,15H2,1-6H3. The fourth-order valence-electron chi connectivity index (χ4n) is 9.78. The third-order valence-electron chi connectivity index (χ3n) is 13.1. The summed E-state index contributed by atoms with van der Waals surface area (Å²) in [6.07, 6.45) is 8.06. The van der Waals surface area contributed by atoms with Gasteiger partial charge in [-0.15, -0.1) is 0 Å². The number of carbonyl (C=O) groups is 2. The number of hydrogen-bond donors (Lipinski definition) is 0. The van der Waals surface area contributed by atoms with Gasteiger partial charge in [0.05, 0.1) is 61.3 Å². The molecule has 71 heavy (non-hydrogen) atoms. The largest absolute Gasteiger partial charge is 0.490 e. The maximum atomic E-state index is 12.9. The third kappa shape index (κ3) is 11.8. The summed E-state index contributed by atoms with van der Waals surface area (Å²) in [6, 6.07) is 11.3. The van der Waals surface area contributed by atoms with Gasteiger partial charge in [-0.2, -0.15) is 0 Å². The lowest BCUT2D eigenvalue weighted by Crippen LogP contribution is -2.38. The SMILES string of the molecule is Cc1cc(N2CCOc3ccc(OC4CCN(C(=O)C5CCOCC5)C4)c(C)c32)cnc1S(C)(=O)=O.Cc1cc(N2CCOc3ccc(OC4CCN(C(=O)OC(C)(C)C)C4)c(C)c32)cnc1S(C)(=O)=O. The zero-order chi connectivity index (χ0) is 51.0. The molecule has 5 aliphatic heterocycles. The van der Waals surface area contributed by atoms with E-state index >= 15 is 0 Å². The third-order valence-corrected chi connectivity index (χ3v) is 15.4. The molecule has 4 aromatic rings. The van der Waals surface area contributed by atoms with Crippen LogP contribution in [-0.4, -0.2) is 145 Å². The van der Waals surface area contributed by atoms with E-state index in [0.717, 1.165) is 76.6 Å². The number of aromatic nitrogens is 2. The molecule has 384 valence electrons. The van der Waals surface area contributed by atoms with Gasteiger partial charge >= 0.3 is 6.09 Å². The molecule has 7 heterocycles. The minimum atomic E-state index is -3.40. The van der Waals surface area contributed by atoms with Gasteiger partial charge in [-0.05, 0) is 109 Å². The highest BCUT2D eigenvalue weighted by atomic mass is 32.2. The number of sulfone groups is 2. The smallest absolute Gasteiger partial charge is 0.410 e. The van der Waals surface area contributed by atoms with Gasteiger partial charge in [-0.25, -0.2) is 31.6 Å². The molecule has 20 heteroatoms. The van der Waals surface area contributed by atoms with Gasteiger partial charge in [-0.3, -0.25) is 4.79 Å². The molecule has 2 aromatic heterocycles. The van der Waals surface area contributed by atoms with Crippen molar-refractivity contribution < 1.29 is 54.8 Å². The molecule has 2 aromatic carbocycles. The highest BCUT2D eigenvalue weighted by Crippen LogP contribution is 2.45. The molecule has 18 nitrogen and oxygen atoms in total. The number of nitrogens with zero attached hydrogens (tertiary/aromatic N) is 6. The van der Waals surface area contributed by atoms with Gasteiger partial charge in [0.15, 0.2) is 29.7 Å². The molecule has 2 unspecified atom stereocenters. The van der Waals surface area contributed by atoms with Crippen LogP contribution in [0.25, 0.3) is 0 Å². The summed E-state index contributed by atoms with van der Waals surface area (Å²) in [5.41, 5.74) is 5.85. The number of aryl methyl sites for hydroxylation is 2. The summed E-state index contributed by atoms with van der Waals surface area (Å²) < 4.78 is 83.5. The number of hydrogen-bond acceptors (Lipinski definition) is 16. The zero-order valence-corrected chi connectivity index (χ0v) is 43.8. The Bertz CT molecular complexity index is 2890. The number of anilines is 4. The van der Waals surface area contributed by atoms with E-state index in [-0.39, 0.29) is 40.2 Å². The molecule has 0 aliphatic carbocycles. The van der Waals surface area contributed by atoms with Crippen molar-refractivity contribution in [1.29, 1.82) is 0 Å². The zero-order valence-electron chi connectivity index (χ0n) is 42.1. The summed E-state index contributed by atoms with van der Waals surface area (Å²) in [5, 5.41) is 0.175. The van der Waals surface area contributed by atoms with E-state index in [1.165, 1.54) is 6.26 Å². The van der Waals surface area contributed by atoms with Crippen LogP contribution in [0, 0.1) is 33.6 Å². The van der Waals surface area contributed by atoms with E-state index in [9.17, 15) is 26.4 Å². The molecule has 5 aliphatic rings. The van der Waals surface area contributed by atoms with Crippen molar-refractivity contribution >= 4 is 54.4 Å². The topological polar surface area (TPSA) is 197 Å². The van der Waals surface area contributed by atoms with Crippen molar-refractivity contribution in [3.63, 3.8) is 0 Å². The van der Waals surface area contributed by atoms with Gasteiger partial charge in [0.1, 0.15) is 54.0 Å². The number of amides is 2. The maximum Gasteiger partial charge on any atom is 0.410 e. The molecule has 0 saturated carbocycles. The predicted molar refractivity (Wildman–Crippen MR) is 268 cm³/mol. The van der Waals surface area contributed by atoms with E-state index in [4.69, 9.17) is 28.4 Å². The monoisotopic (exact) mass is 1020 g/mol. The van der Waals surface area contributed by atoms with E-state index in [2.05, 4.69) is 19.8 Å². The van der Waals surface area contributed by atoms with Crippen LogP contribution in [0.5, 0.6) is 23.0 Å². The van der Waals surface area contributed by atoms with Gasteiger partial charge in [0.25, 0.3) is 0 Å². The first kappa shape index (κ1) is 51.5. The van der Waals surface area contributed by atoms with E-state index in [1.54, 1.807) is 31.1 Å². The van der Waals surface area contributed by atoms with Crippen LogP contribution in [0.4, 0.5) is 27.5 Å². The molecule has 2 atom stereocenters. The van der Waals surface area contributed by atoms with Crippen molar-refractivity contribution in [2.45, 2.75) is 102 Å². The highest BCUT2D eigenvalue weighted by molar-refractivity contribution is 7.91. The molecular formula is C51H66N6O12S2. The normalized spacial score (nSPS) is 19.5. The Balaban J connectivity index is 0.000000191. The first-order chi connectivity index (χ1) is 33.6. The fraction of sp³-hybridized carbons (Fsp3) is 0.529. The lowest BCUT2D eigenvalue weighted by Gasteiger charge is -2.33. The molecule has 3 saturated heterocycles. The Morgan fingerprint density at radius 1 is 0.634 bits per heavy atom. The fourth-order valence-corrected chi connectivity index (χ4v) is 11.6. The molecule has 2 amide bonds. The number of ether oxygens (including phenoxy) is 6. The molecular weight excluding hydrogens is 953 g/mol. The van der Waals surface area contributed by atoms with Crippen LogP contribution in [0.3, 0.4) is 0 Å². The Kier molecular flexibility index (Phi) is 15.0. The molecule has 3 fully saturated rings. The first-order valence-corrected chi connectivity index (χ1v) is 27.9. The Hall–Kier alpha value is -5.86. The highest BCUT2D eigenvalue weighted by Gasteiger charge is 2.35. The van der Waals surface area contributed by atoms with Crippen molar-refractivity contribution in [3.05, 3.63) is 71.0 Å². The first-order valence-electron chi connectivity index (χ1n) is 24.1. The number of pyridine rings is 2. The quantitative estimate of drug-likeness (QED) is 0.165. The minimum absolute atomic E-state index is 0.0554. The van der Waals surface area contributed by atoms with Crippen LogP contribution in [0.1, 0.15) is 68.7 Å². The number of rotatable bonds is 9. The lowest BCUT2D eigenvalue weighted by atomic mass is 9.99. The van der Waals surface area contributed by atoms with Crippen LogP contribution < -0.4 is 28.7 Å². The Morgan fingerprint density at radius 3 is 1.52 bits per heavy atom. The second kappa shape index (κ2) is 20.7. The van der Waals surface area contributed by atoms with Crippen molar-refractivity contribution in [1.82, 2.24) is 19.8 Å². The van der Waals surface area contributed by atoms with Crippen molar-refractivity contribution in [2.24, 2.45) is 5.92 Å². The molecule has 0 radical (unpaired) electrons. The van der Waals surface area contributed by atoms with Crippen LogP contribution in [0.2, 0.25) is 0 Å². The van der Waals surface area contributed by atoms with E-state index in [1.807, 2.05) is 75.9 Å². The average molecular weight is 1020 g/mol. The summed E-state index contributed by atoms with van der Waals surface area (Å²) in [7, 11) is -6.80. The van der Waals surface area contributed by atoms with Gasteiger partial charge < -0.3 is 48.0 Å². The predicted octanol–water partition coefficient (Wildman–Crippen LogP) is 7.06. The molecule has 0 N–H and O–H groups in total. The molecule has 9 rings (SSSR count). The van der Waals surface area contributed by atoms with Crippen molar-refractivity contribution in [2.75, 3.05) is 88.0 Å². The summed E-state index contributed by atoms with van der Waals surface area (Å²) >= 11 is 0. The lowest BCUT2D eigenvalue weighted by molar-refractivity contribution is -0.137. The van der Waals surface area contributed by atoms with E-state index in [0.29, 0.717) is 89.0 Å². The van der Waals surface area contributed by atoms with Crippen LogP contribution in [-0.2, 0) is 33.9 Å². The molecule has 0 spiro atoms. The Morgan fingerprint density at radius 2 is 1.08 bits per heavy atom. The number of benzene rings is 2. The van der Waals surface area contributed by atoms with Gasteiger partial charge in [-0.1, -0.05) is 0 Å². The second-order valence-corrected chi connectivity index (χ2v) is 23.8. The summed E-state index contributed by atoms with van der Waals surface area (Å²) in [5.74, 6) is 3.22. The Labute approximate surface area is 417 Å².